The number of nitrogens with zero attached hydrogens (tertiary/aromatic N) is 6. The number of hydrogen-bond donors (Lipinski definition) is 0. The Morgan fingerprint density at radius 1 is 0.969 bits per heavy atom. The van der Waals surface area contributed by atoms with Crippen LogP contribution >= 0.6 is 11.8 Å². The molecule has 32 heavy (non-hydrogen) atoms. The second-order valence-electron chi connectivity index (χ2n) is 7.46. The fraction of sp³-hybridized carbons (Fsp3) is 0.167. The first-order valence-corrected chi connectivity index (χ1v) is 11.2. The number of aryl methyl sites for hydroxylation is 2. The van der Waals surface area contributed by atoms with Crippen molar-refractivity contribution in [2.75, 3.05) is 7.11 Å². The van der Waals surface area contributed by atoms with Crippen molar-refractivity contribution in [2.45, 2.75) is 24.8 Å². The molecule has 0 saturated heterocycles. The van der Waals surface area contributed by atoms with E-state index in [1.54, 1.807) is 18.9 Å². The van der Waals surface area contributed by atoms with Crippen LogP contribution in [0.1, 0.15) is 17.0 Å². The van der Waals surface area contributed by atoms with Crippen LogP contribution in [0.4, 0.5) is 0 Å². The topological polar surface area (TPSA) is 70.1 Å². The van der Waals surface area contributed by atoms with Crippen LogP contribution in [-0.4, -0.2) is 36.5 Å². The van der Waals surface area contributed by atoms with Crippen LogP contribution in [0.15, 0.2) is 72.0 Å². The molecule has 3 heterocycles. The number of ether oxygens (including phenoxy) is 1. The first kappa shape index (κ1) is 20.3. The molecule has 7 nitrogen and oxygen atoms in total. The third-order valence-electron chi connectivity index (χ3n) is 5.19. The highest BCUT2D eigenvalue weighted by Crippen LogP contribution is 2.31. The molecule has 5 aromatic rings. The van der Waals surface area contributed by atoms with E-state index in [4.69, 9.17) is 9.84 Å². The molecule has 8 heteroatoms. The Hall–Kier alpha value is -3.65. The summed E-state index contributed by atoms with van der Waals surface area (Å²) in [5, 5.41) is 14.3. The predicted octanol–water partition coefficient (Wildman–Crippen LogP) is 4.89. The lowest BCUT2D eigenvalue weighted by molar-refractivity contribution is 0.415. The van der Waals surface area contributed by atoms with E-state index < -0.39 is 0 Å². The molecule has 0 aliphatic carbocycles. The van der Waals surface area contributed by atoms with Gasteiger partial charge >= 0.3 is 0 Å². The van der Waals surface area contributed by atoms with Gasteiger partial charge in [0.2, 0.25) is 0 Å². The van der Waals surface area contributed by atoms with Crippen molar-refractivity contribution in [3.05, 3.63) is 83.8 Å². The molecule has 0 spiro atoms. The summed E-state index contributed by atoms with van der Waals surface area (Å²) in [7, 11) is 1.67. The molecule has 0 fully saturated rings. The van der Waals surface area contributed by atoms with Crippen molar-refractivity contribution >= 4 is 17.5 Å². The summed E-state index contributed by atoms with van der Waals surface area (Å²) in [6.07, 6.45) is 2.08. The van der Waals surface area contributed by atoms with Gasteiger partial charge in [-0.1, -0.05) is 30.0 Å². The van der Waals surface area contributed by atoms with Crippen molar-refractivity contribution in [1.29, 1.82) is 0 Å². The van der Waals surface area contributed by atoms with Crippen LogP contribution in [0.25, 0.3) is 22.7 Å². The first-order chi connectivity index (χ1) is 15.6. The summed E-state index contributed by atoms with van der Waals surface area (Å²) in [5.74, 6) is 2.14. The molecule has 2 aromatic carbocycles. The number of thioether (sulfide) groups is 1. The van der Waals surface area contributed by atoms with Crippen LogP contribution < -0.4 is 4.74 Å². The second kappa shape index (κ2) is 8.47. The van der Waals surface area contributed by atoms with Crippen molar-refractivity contribution in [3.8, 4) is 22.7 Å². The monoisotopic (exact) mass is 442 g/mol. The highest BCUT2D eigenvalue weighted by molar-refractivity contribution is 7.98. The summed E-state index contributed by atoms with van der Waals surface area (Å²) in [4.78, 5) is 4.49. The van der Waals surface area contributed by atoms with Gasteiger partial charge in [0.15, 0.2) is 5.16 Å². The average Bonchev–Trinajstić information content (AvgIpc) is 3.42. The molecule has 0 amide bonds. The molecule has 0 N–H and O–H groups in total. The zero-order valence-corrected chi connectivity index (χ0v) is 18.9. The Bertz CT molecular complexity index is 1380. The normalized spacial score (nSPS) is 11.2. The highest BCUT2D eigenvalue weighted by atomic mass is 32.2. The van der Waals surface area contributed by atoms with E-state index in [0.29, 0.717) is 11.5 Å². The molecule has 3 aromatic heterocycles. The molecule has 0 aliphatic heterocycles. The minimum atomic E-state index is 0.625. The number of fused-ring (bicyclic) bond motifs is 1. The number of aromatic nitrogens is 6. The quantitative estimate of drug-likeness (QED) is 0.349. The number of methoxy groups -OCH3 is 1. The minimum Gasteiger partial charge on any atom is -0.497 e. The van der Waals surface area contributed by atoms with Crippen molar-refractivity contribution < 1.29 is 4.74 Å². The van der Waals surface area contributed by atoms with Gasteiger partial charge in [-0.2, -0.15) is 5.10 Å². The molecular weight excluding hydrogens is 420 g/mol. The zero-order valence-electron chi connectivity index (χ0n) is 18.1. The molecule has 0 aliphatic rings. The third-order valence-corrected chi connectivity index (χ3v) is 6.17. The molecule has 0 bridgehead atoms. The van der Waals surface area contributed by atoms with Crippen LogP contribution in [0, 0.1) is 13.8 Å². The van der Waals surface area contributed by atoms with Gasteiger partial charge in [-0.15, -0.1) is 10.2 Å². The maximum atomic E-state index is 5.31. The van der Waals surface area contributed by atoms with E-state index in [1.807, 2.05) is 83.6 Å². The average molecular weight is 443 g/mol. The SMILES string of the molecule is COc1ccc(-c2nn(-c3ccccc3)cc2CSc2nnc3nc(C)cc(C)n23)cc1. The van der Waals surface area contributed by atoms with Gasteiger partial charge in [0.25, 0.3) is 5.78 Å². The van der Waals surface area contributed by atoms with Gasteiger partial charge in [0.1, 0.15) is 5.75 Å². The summed E-state index contributed by atoms with van der Waals surface area (Å²) < 4.78 is 9.23. The van der Waals surface area contributed by atoms with E-state index in [9.17, 15) is 0 Å². The number of rotatable bonds is 6. The lowest BCUT2D eigenvalue weighted by Crippen LogP contribution is -1.97. The lowest BCUT2D eigenvalue weighted by Gasteiger charge is -2.05. The number of para-hydroxylation sites is 1. The van der Waals surface area contributed by atoms with Crippen LogP contribution in [0.2, 0.25) is 0 Å². The Morgan fingerprint density at radius 2 is 1.75 bits per heavy atom. The van der Waals surface area contributed by atoms with Crippen LogP contribution in [0.5, 0.6) is 5.75 Å². The number of benzene rings is 2. The lowest BCUT2D eigenvalue weighted by atomic mass is 10.1. The largest absolute Gasteiger partial charge is 0.497 e. The van der Waals surface area contributed by atoms with E-state index in [2.05, 4.69) is 21.4 Å². The summed E-state index contributed by atoms with van der Waals surface area (Å²) >= 11 is 1.63. The Morgan fingerprint density at radius 3 is 2.50 bits per heavy atom. The van der Waals surface area contributed by atoms with E-state index in [1.165, 1.54) is 0 Å². The fourth-order valence-corrected chi connectivity index (χ4v) is 4.61. The molecule has 5 rings (SSSR count). The van der Waals surface area contributed by atoms with Crippen molar-refractivity contribution in [2.24, 2.45) is 0 Å². The van der Waals surface area contributed by atoms with E-state index in [-0.39, 0.29) is 0 Å². The molecule has 0 unspecified atom stereocenters. The van der Waals surface area contributed by atoms with Gasteiger partial charge in [0, 0.05) is 34.5 Å². The fourth-order valence-electron chi connectivity index (χ4n) is 3.66. The van der Waals surface area contributed by atoms with Crippen molar-refractivity contribution in [3.63, 3.8) is 0 Å². The number of hydrogen-bond acceptors (Lipinski definition) is 6. The maximum Gasteiger partial charge on any atom is 0.256 e. The predicted molar refractivity (Wildman–Crippen MR) is 125 cm³/mol. The third kappa shape index (κ3) is 3.85. The van der Waals surface area contributed by atoms with Crippen LogP contribution in [-0.2, 0) is 5.75 Å². The smallest absolute Gasteiger partial charge is 0.256 e. The van der Waals surface area contributed by atoms with Crippen molar-refractivity contribution in [1.82, 2.24) is 29.4 Å². The summed E-state index contributed by atoms with van der Waals surface area (Å²) in [6, 6.07) is 20.1. The molecule has 0 atom stereocenters. The Balaban J connectivity index is 1.51. The maximum absolute atomic E-state index is 5.31. The second-order valence-corrected chi connectivity index (χ2v) is 8.40. The summed E-state index contributed by atoms with van der Waals surface area (Å²) in [6.45, 7) is 4.01. The molecule has 0 saturated carbocycles. The molecular formula is C24H22N6OS. The van der Waals surface area contributed by atoms with Gasteiger partial charge < -0.3 is 4.74 Å². The first-order valence-electron chi connectivity index (χ1n) is 10.2. The van der Waals surface area contributed by atoms with Gasteiger partial charge in [-0.3, -0.25) is 4.40 Å². The Kier molecular flexibility index (Phi) is 5.36. The van der Waals surface area contributed by atoms with E-state index >= 15 is 0 Å². The van der Waals surface area contributed by atoms with Gasteiger partial charge in [-0.25, -0.2) is 9.67 Å². The standard InChI is InChI=1S/C24H22N6OS/c1-16-13-17(2)30-23(25-16)26-27-24(30)32-15-19-14-29(20-7-5-4-6-8-20)28-22(19)18-9-11-21(31-3)12-10-18/h4-14H,15H2,1-3H3. The summed E-state index contributed by atoms with van der Waals surface area (Å²) in [5.41, 5.74) is 6.10. The Labute approximate surface area is 190 Å². The van der Waals surface area contributed by atoms with Crippen LogP contribution in [0.3, 0.4) is 0 Å². The minimum absolute atomic E-state index is 0.625. The van der Waals surface area contributed by atoms with Gasteiger partial charge in [0.05, 0.1) is 18.5 Å². The molecule has 160 valence electrons. The van der Waals surface area contributed by atoms with E-state index in [0.717, 1.165) is 44.8 Å². The molecule has 0 radical (unpaired) electrons. The van der Waals surface area contributed by atoms with Gasteiger partial charge in [-0.05, 0) is 56.3 Å². The highest BCUT2D eigenvalue weighted by Gasteiger charge is 2.16. The zero-order chi connectivity index (χ0) is 22.1.